The number of nitrogens with zero attached hydrogens (tertiary/aromatic N) is 1. The first-order valence-corrected chi connectivity index (χ1v) is 8.03. The van der Waals surface area contributed by atoms with Gasteiger partial charge in [-0.3, -0.25) is 0 Å². The van der Waals surface area contributed by atoms with Crippen LogP contribution in [0.4, 0.5) is 0 Å². The predicted octanol–water partition coefficient (Wildman–Crippen LogP) is 1.10. The summed E-state index contributed by atoms with van der Waals surface area (Å²) in [5.74, 6) is -0.899. The highest BCUT2D eigenvalue weighted by molar-refractivity contribution is 7.91. The highest BCUT2D eigenvalue weighted by Crippen LogP contribution is 2.29. The number of rotatable bonds is 5. The number of carbonyl (C=O) groups is 1. The second-order valence-corrected chi connectivity index (χ2v) is 7.65. The van der Waals surface area contributed by atoms with Crippen LogP contribution >= 0.6 is 11.3 Å². The molecular weight excluding hydrogens is 290 g/mol. The number of sulfonamides is 1. The lowest BCUT2D eigenvalue weighted by atomic mass is 10.1. The minimum absolute atomic E-state index is 0.0335. The molecule has 6 nitrogen and oxygen atoms in total. The molecule has 19 heavy (non-hydrogen) atoms. The lowest BCUT2D eigenvalue weighted by molar-refractivity contribution is 0.0702. The molecule has 1 aliphatic rings. The molecule has 0 bridgehead atoms. The van der Waals surface area contributed by atoms with Crippen molar-refractivity contribution >= 4 is 27.3 Å². The monoisotopic (exact) mass is 305 g/mol. The number of carboxylic acids is 1. The molecular formula is C11H15NO5S2. The Bertz CT molecular complexity index is 565. The van der Waals surface area contributed by atoms with Gasteiger partial charge in [0, 0.05) is 20.2 Å². The van der Waals surface area contributed by atoms with Crippen molar-refractivity contribution in [3.05, 3.63) is 17.0 Å². The second-order valence-electron chi connectivity index (χ2n) is 4.40. The van der Waals surface area contributed by atoms with E-state index in [1.165, 1.54) is 16.4 Å². The molecule has 1 atom stereocenters. The van der Waals surface area contributed by atoms with E-state index in [1.54, 1.807) is 7.11 Å². The minimum Gasteiger partial charge on any atom is -0.477 e. The second kappa shape index (κ2) is 5.58. The maximum atomic E-state index is 12.3. The third-order valence-corrected chi connectivity index (χ3v) is 6.44. The molecule has 1 aliphatic heterocycles. The fourth-order valence-corrected chi connectivity index (χ4v) is 4.92. The summed E-state index contributed by atoms with van der Waals surface area (Å²) >= 11 is 0.789. The van der Waals surface area contributed by atoms with Crippen molar-refractivity contribution in [1.29, 1.82) is 0 Å². The van der Waals surface area contributed by atoms with Crippen LogP contribution in [0.1, 0.15) is 16.1 Å². The van der Waals surface area contributed by atoms with E-state index in [-0.39, 0.29) is 15.0 Å². The highest BCUT2D eigenvalue weighted by Gasteiger charge is 2.33. The molecule has 0 spiro atoms. The van der Waals surface area contributed by atoms with E-state index < -0.39 is 16.0 Å². The van der Waals surface area contributed by atoms with Crippen LogP contribution in [0.2, 0.25) is 0 Å². The van der Waals surface area contributed by atoms with Gasteiger partial charge in [-0.25, -0.2) is 13.2 Å². The standard InChI is InChI=1S/C11H15NO5S2/c1-17-7-8-4-5-12(6-8)19(15,16)10-3-2-9(18-10)11(13)14/h2-3,8H,4-7H2,1H3,(H,13,14). The maximum Gasteiger partial charge on any atom is 0.345 e. The predicted molar refractivity (Wildman–Crippen MR) is 70.0 cm³/mol. The fourth-order valence-electron chi connectivity index (χ4n) is 2.09. The van der Waals surface area contributed by atoms with Crippen molar-refractivity contribution in [1.82, 2.24) is 4.31 Å². The SMILES string of the molecule is COCC1CCN(S(=O)(=O)c2ccc(C(=O)O)s2)C1. The van der Waals surface area contributed by atoms with Gasteiger partial charge in [-0.15, -0.1) is 11.3 Å². The number of ether oxygens (including phenoxy) is 1. The van der Waals surface area contributed by atoms with Crippen molar-refractivity contribution < 1.29 is 23.1 Å². The minimum atomic E-state index is -3.57. The Balaban J connectivity index is 2.16. The Labute approximate surface area is 115 Å². The third-order valence-electron chi connectivity index (χ3n) is 3.04. The molecule has 0 amide bonds. The molecule has 0 aliphatic carbocycles. The van der Waals surface area contributed by atoms with Crippen molar-refractivity contribution in [2.24, 2.45) is 5.92 Å². The molecule has 1 aromatic heterocycles. The largest absolute Gasteiger partial charge is 0.477 e. The van der Waals surface area contributed by atoms with E-state index in [2.05, 4.69) is 0 Å². The van der Waals surface area contributed by atoms with Crippen LogP contribution in [0.5, 0.6) is 0 Å². The molecule has 0 radical (unpaired) electrons. The van der Waals surface area contributed by atoms with Gasteiger partial charge in [0.15, 0.2) is 0 Å². The Morgan fingerprint density at radius 2 is 2.32 bits per heavy atom. The van der Waals surface area contributed by atoms with E-state index >= 15 is 0 Å². The van der Waals surface area contributed by atoms with E-state index in [4.69, 9.17) is 9.84 Å². The average molecular weight is 305 g/mol. The third kappa shape index (κ3) is 2.97. The van der Waals surface area contributed by atoms with Crippen LogP contribution in [0.15, 0.2) is 16.3 Å². The first-order valence-electron chi connectivity index (χ1n) is 5.77. The van der Waals surface area contributed by atoms with Crippen LogP contribution in [-0.2, 0) is 14.8 Å². The summed E-state index contributed by atoms with van der Waals surface area (Å²) < 4.78 is 31.2. The van der Waals surface area contributed by atoms with Gasteiger partial charge in [0.2, 0.25) is 0 Å². The molecule has 1 fully saturated rings. The summed E-state index contributed by atoms with van der Waals surface area (Å²) in [6.45, 7) is 1.42. The normalized spacial score (nSPS) is 20.8. The zero-order valence-electron chi connectivity index (χ0n) is 10.4. The summed E-state index contributed by atoms with van der Waals surface area (Å²) in [6, 6.07) is 2.68. The fraction of sp³-hybridized carbons (Fsp3) is 0.545. The quantitative estimate of drug-likeness (QED) is 0.880. The van der Waals surface area contributed by atoms with Gasteiger partial charge in [-0.05, 0) is 24.5 Å². The van der Waals surface area contributed by atoms with Crippen LogP contribution in [0.3, 0.4) is 0 Å². The number of hydrogen-bond acceptors (Lipinski definition) is 5. The summed E-state index contributed by atoms with van der Waals surface area (Å²) in [5, 5.41) is 8.83. The van der Waals surface area contributed by atoms with Crippen molar-refractivity contribution in [2.75, 3.05) is 26.8 Å². The highest BCUT2D eigenvalue weighted by atomic mass is 32.2. The molecule has 2 heterocycles. The Morgan fingerprint density at radius 3 is 2.89 bits per heavy atom. The lowest BCUT2D eigenvalue weighted by Crippen LogP contribution is -2.28. The van der Waals surface area contributed by atoms with Gasteiger partial charge in [-0.1, -0.05) is 0 Å². The van der Waals surface area contributed by atoms with Crippen molar-refractivity contribution in [3.8, 4) is 0 Å². The molecule has 106 valence electrons. The summed E-state index contributed by atoms with van der Waals surface area (Å²) in [5.41, 5.74) is 0. The van der Waals surface area contributed by atoms with Crippen LogP contribution < -0.4 is 0 Å². The van der Waals surface area contributed by atoms with Crippen LogP contribution in [0.25, 0.3) is 0 Å². The van der Waals surface area contributed by atoms with E-state index in [1.807, 2.05) is 0 Å². The van der Waals surface area contributed by atoms with Crippen molar-refractivity contribution in [2.45, 2.75) is 10.6 Å². The number of aromatic carboxylic acids is 1. The topological polar surface area (TPSA) is 83.9 Å². The maximum absolute atomic E-state index is 12.3. The number of thiophene rings is 1. The van der Waals surface area contributed by atoms with Gasteiger partial charge >= 0.3 is 5.97 Å². The van der Waals surface area contributed by atoms with Crippen LogP contribution in [0, 0.1) is 5.92 Å². The lowest BCUT2D eigenvalue weighted by Gasteiger charge is -2.15. The molecule has 2 rings (SSSR count). The van der Waals surface area contributed by atoms with Gasteiger partial charge in [0.05, 0.1) is 6.61 Å². The first-order chi connectivity index (χ1) is 8.95. The Hall–Kier alpha value is -0.960. The first kappa shape index (κ1) is 14.4. The van der Waals surface area contributed by atoms with E-state index in [0.29, 0.717) is 19.7 Å². The summed E-state index contributed by atoms with van der Waals surface area (Å²) in [7, 11) is -1.98. The average Bonchev–Trinajstić information content (AvgIpc) is 2.98. The molecule has 0 aromatic carbocycles. The number of methoxy groups -OCH3 is 1. The Morgan fingerprint density at radius 1 is 1.58 bits per heavy atom. The van der Waals surface area contributed by atoms with Crippen molar-refractivity contribution in [3.63, 3.8) is 0 Å². The van der Waals surface area contributed by atoms with E-state index in [0.717, 1.165) is 17.8 Å². The van der Waals surface area contributed by atoms with Gasteiger partial charge in [0.25, 0.3) is 10.0 Å². The molecule has 1 aromatic rings. The smallest absolute Gasteiger partial charge is 0.345 e. The van der Waals surface area contributed by atoms with Gasteiger partial charge in [0.1, 0.15) is 9.09 Å². The molecule has 0 saturated carbocycles. The zero-order valence-corrected chi connectivity index (χ0v) is 12.0. The molecule has 1 unspecified atom stereocenters. The number of hydrogen-bond donors (Lipinski definition) is 1. The molecule has 8 heteroatoms. The summed E-state index contributed by atoms with van der Waals surface area (Å²) in [4.78, 5) is 10.8. The number of carboxylic acid groups (broad SMARTS) is 1. The Kier molecular flexibility index (Phi) is 4.24. The van der Waals surface area contributed by atoms with E-state index in [9.17, 15) is 13.2 Å². The van der Waals surface area contributed by atoms with Gasteiger partial charge in [-0.2, -0.15) is 4.31 Å². The van der Waals surface area contributed by atoms with Crippen LogP contribution in [-0.4, -0.2) is 50.6 Å². The molecule has 1 N–H and O–H groups in total. The van der Waals surface area contributed by atoms with Gasteiger partial charge < -0.3 is 9.84 Å². The zero-order chi connectivity index (χ0) is 14.0. The summed E-state index contributed by atoms with van der Waals surface area (Å²) in [6.07, 6.45) is 0.768. The molecule has 1 saturated heterocycles.